The maximum atomic E-state index is 12.0. The Labute approximate surface area is 73.9 Å². The lowest BCUT2D eigenvalue weighted by Crippen LogP contribution is -2.31. The molecule has 1 aliphatic carbocycles. The summed E-state index contributed by atoms with van der Waals surface area (Å²) in [6.45, 7) is 2.08. The van der Waals surface area contributed by atoms with Crippen molar-refractivity contribution in [3.8, 4) is 0 Å². The van der Waals surface area contributed by atoms with Crippen LogP contribution in [0.2, 0.25) is 0 Å². The summed E-state index contributed by atoms with van der Waals surface area (Å²) < 4.78 is 12.0. The predicted octanol–water partition coefficient (Wildman–Crippen LogP) is 2.22. The average molecular weight is 171 g/mol. The molecule has 0 amide bonds. The van der Waals surface area contributed by atoms with E-state index in [2.05, 4.69) is 4.90 Å². The minimum atomic E-state index is -0.145. The molecule has 0 aromatic heterocycles. The summed E-state index contributed by atoms with van der Waals surface area (Å²) in [5.41, 5.74) is 0. The highest BCUT2D eigenvalue weighted by atomic mass is 19.1. The third-order valence-electron chi connectivity index (χ3n) is 3.45. The van der Waals surface area contributed by atoms with Gasteiger partial charge in [-0.2, -0.15) is 0 Å². The van der Waals surface area contributed by atoms with E-state index in [0.717, 1.165) is 24.9 Å². The zero-order valence-electron chi connectivity index (χ0n) is 7.64. The monoisotopic (exact) mass is 171 g/mol. The second kappa shape index (κ2) is 3.73. The SMILES string of the molecule is FCCCN1CCC2CCCC21. The summed E-state index contributed by atoms with van der Waals surface area (Å²) >= 11 is 0. The molecule has 0 aromatic carbocycles. The molecule has 1 saturated carbocycles. The molecule has 0 bridgehead atoms. The molecule has 2 heteroatoms. The topological polar surface area (TPSA) is 3.24 Å². The number of halogens is 1. The van der Waals surface area contributed by atoms with Gasteiger partial charge in [0.1, 0.15) is 0 Å². The van der Waals surface area contributed by atoms with Crippen molar-refractivity contribution in [2.45, 2.75) is 38.1 Å². The lowest BCUT2D eigenvalue weighted by molar-refractivity contribution is 0.230. The largest absolute Gasteiger partial charge is 0.300 e. The van der Waals surface area contributed by atoms with Gasteiger partial charge in [0, 0.05) is 12.6 Å². The van der Waals surface area contributed by atoms with Gasteiger partial charge in [-0.1, -0.05) is 6.42 Å². The molecule has 0 aromatic rings. The van der Waals surface area contributed by atoms with Crippen LogP contribution in [0.4, 0.5) is 4.39 Å². The highest BCUT2D eigenvalue weighted by Gasteiger charge is 2.36. The number of hydrogen-bond donors (Lipinski definition) is 0. The summed E-state index contributed by atoms with van der Waals surface area (Å²) in [6, 6.07) is 0.830. The third kappa shape index (κ3) is 1.49. The Morgan fingerprint density at radius 1 is 1.25 bits per heavy atom. The van der Waals surface area contributed by atoms with Gasteiger partial charge < -0.3 is 4.90 Å². The Balaban J connectivity index is 1.83. The van der Waals surface area contributed by atoms with Crippen LogP contribution in [-0.4, -0.2) is 30.7 Å². The van der Waals surface area contributed by atoms with E-state index in [-0.39, 0.29) is 6.67 Å². The zero-order valence-corrected chi connectivity index (χ0v) is 7.64. The maximum Gasteiger partial charge on any atom is 0.0906 e. The van der Waals surface area contributed by atoms with Crippen molar-refractivity contribution in [1.82, 2.24) is 4.90 Å². The molecule has 0 spiro atoms. The molecule has 2 aliphatic rings. The van der Waals surface area contributed by atoms with Crippen LogP contribution in [0.5, 0.6) is 0 Å². The molecule has 70 valence electrons. The van der Waals surface area contributed by atoms with Gasteiger partial charge in [-0.15, -0.1) is 0 Å². The Morgan fingerprint density at radius 2 is 2.17 bits per heavy atom. The van der Waals surface area contributed by atoms with Crippen molar-refractivity contribution >= 4 is 0 Å². The number of hydrogen-bond acceptors (Lipinski definition) is 1. The molecule has 2 atom stereocenters. The van der Waals surface area contributed by atoms with Gasteiger partial charge in [0.2, 0.25) is 0 Å². The minimum Gasteiger partial charge on any atom is -0.300 e. The molecule has 2 unspecified atom stereocenters. The number of alkyl halides is 1. The van der Waals surface area contributed by atoms with Crippen molar-refractivity contribution < 1.29 is 4.39 Å². The smallest absolute Gasteiger partial charge is 0.0906 e. The Bertz CT molecular complexity index is 149. The van der Waals surface area contributed by atoms with Crippen LogP contribution in [-0.2, 0) is 0 Å². The lowest BCUT2D eigenvalue weighted by Gasteiger charge is -2.22. The highest BCUT2D eigenvalue weighted by molar-refractivity contribution is 4.91. The Hall–Kier alpha value is -0.110. The van der Waals surface area contributed by atoms with Gasteiger partial charge in [-0.3, -0.25) is 4.39 Å². The summed E-state index contributed by atoms with van der Waals surface area (Å²) in [7, 11) is 0. The van der Waals surface area contributed by atoms with Crippen LogP contribution >= 0.6 is 0 Å². The van der Waals surface area contributed by atoms with E-state index < -0.39 is 0 Å². The Morgan fingerprint density at radius 3 is 3.00 bits per heavy atom. The third-order valence-corrected chi connectivity index (χ3v) is 3.45. The number of rotatable bonds is 3. The van der Waals surface area contributed by atoms with Gasteiger partial charge in [0.25, 0.3) is 0 Å². The van der Waals surface area contributed by atoms with E-state index >= 15 is 0 Å². The van der Waals surface area contributed by atoms with E-state index in [1.54, 1.807) is 0 Å². The summed E-state index contributed by atoms with van der Waals surface area (Å²) in [4.78, 5) is 2.51. The fourth-order valence-electron chi connectivity index (χ4n) is 2.87. The van der Waals surface area contributed by atoms with Crippen LogP contribution in [0.1, 0.15) is 32.1 Å². The standard InChI is InChI=1S/C10H18FN/c11-6-2-7-12-8-5-9-3-1-4-10(9)12/h9-10H,1-8H2. The quantitative estimate of drug-likeness (QED) is 0.629. The number of likely N-dealkylation sites (tertiary alicyclic amines) is 1. The molecule has 1 heterocycles. The van der Waals surface area contributed by atoms with Crippen molar-refractivity contribution in [2.24, 2.45) is 5.92 Å². The molecule has 1 aliphatic heterocycles. The van der Waals surface area contributed by atoms with Gasteiger partial charge >= 0.3 is 0 Å². The number of nitrogens with zero attached hydrogens (tertiary/aromatic N) is 1. The van der Waals surface area contributed by atoms with Crippen molar-refractivity contribution in [1.29, 1.82) is 0 Å². The van der Waals surface area contributed by atoms with E-state index in [1.807, 2.05) is 0 Å². The molecule has 2 rings (SSSR count). The molecule has 2 fully saturated rings. The maximum absolute atomic E-state index is 12.0. The first-order chi connectivity index (χ1) is 5.92. The van der Waals surface area contributed by atoms with E-state index in [9.17, 15) is 4.39 Å². The van der Waals surface area contributed by atoms with E-state index in [4.69, 9.17) is 0 Å². The van der Waals surface area contributed by atoms with Crippen molar-refractivity contribution in [3.63, 3.8) is 0 Å². The molecule has 12 heavy (non-hydrogen) atoms. The number of fused-ring (bicyclic) bond motifs is 1. The van der Waals surface area contributed by atoms with Crippen LogP contribution in [0, 0.1) is 5.92 Å². The van der Waals surface area contributed by atoms with Crippen LogP contribution in [0.25, 0.3) is 0 Å². The van der Waals surface area contributed by atoms with Gasteiger partial charge in [-0.05, 0) is 38.1 Å². The first-order valence-corrected chi connectivity index (χ1v) is 5.22. The molecule has 0 radical (unpaired) electrons. The van der Waals surface area contributed by atoms with Crippen molar-refractivity contribution in [3.05, 3.63) is 0 Å². The van der Waals surface area contributed by atoms with Gasteiger partial charge in [-0.25, -0.2) is 0 Å². The summed E-state index contributed by atoms with van der Waals surface area (Å²) in [5, 5.41) is 0. The molecular formula is C10H18FN. The fourth-order valence-corrected chi connectivity index (χ4v) is 2.87. The summed E-state index contributed by atoms with van der Waals surface area (Å²) in [6.07, 6.45) is 6.31. The highest BCUT2D eigenvalue weighted by Crippen LogP contribution is 2.37. The first-order valence-electron chi connectivity index (χ1n) is 5.22. The Kier molecular flexibility index (Phi) is 2.64. The first kappa shape index (κ1) is 8.49. The van der Waals surface area contributed by atoms with Crippen LogP contribution < -0.4 is 0 Å². The minimum absolute atomic E-state index is 0.145. The van der Waals surface area contributed by atoms with Gasteiger partial charge in [0.15, 0.2) is 0 Å². The second-order valence-electron chi connectivity index (χ2n) is 4.13. The van der Waals surface area contributed by atoms with Crippen LogP contribution in [0.3, 0.4) is 0 Å². The molecule has 1 saturated heterocycles. The lowest BCUT2D eigenvalue weighted by atomic mass is 10.0. The van der Waals surface area contributed by atoms with Crippen molar-refractivity contribution in [2.75, 3.05) is 19.8 Å². The summed E-state index contributed by atoms with van der Waals surface area (Å²) in [5.74, 6) is 0.963. The molecular weight excluding hydrogens is 153 g/mol. The van der Waals surface area contributed by atoms with E-state index in [0.29, 0.717) is 0 Å². The van der Waals surface area contributed by atoms with E-state index in [1.165, 1.54) is 32.2 Å². The second-order valence-corrected chi connectivity index (χ2v) is 4.13. The molecule has 0 N–H and O–H groups in total. The average Bonchev–Trinajstić information content (AvgIpc) is 2.62. The van der Waals surface area contributed by atoms with Crippen LogP contribution in [0.15, 0.2) is 0 Å². The zero-order chi connectivity index (χ0) is 8.39. The fraction of sp³-hybridized carbons (Fsp3) is 1.00. The predicted molar refractivity (Wildman–Crippen MR) is 47.9 cm³/mol. The molecule has 1 nitrogen and oxygen atoms in total. The van der Waals surface area contributed by atoms with Gasteiger partial charge in [0.05, 0.1) is 6.67 Å². The normalized spacial score (nSPS) is 35.8.